The third-order valence-electron chi connectivity index (χ3n) is 4.30. The number of nitrogens with one attached hydrogen (secondary N) is 2. The highest BCUT2D eigenvalue weighted by atomic mass is 16.6. The van der Waals surface area contributed by atoms with E-state index in [2.05, 4.69) is 25.6 Å². The van der Waals surface area contributed by atoms with E-state index in [-0.39, 0.29) is 22.8 Å². The number of rotatable bonds is 5. The van der Waals surface area contributed by atoms with Gasteiger partial charge in [0, 0.05) is 6.07 Å². The van der Waals surface area contributed by atoms with Gasteiger partial charge in [0.15, 0.2) is 0 Å². The first-order valence-corrected chi connectivity index (χ1v) is 8.43. The summed E-state index contributed by atoms with van der Waals surface area (Å²) < 4.78 is 1.63. The average Bonchev–Trinajstić information content (AvgIpc) is 3.19. The second kappa shape index (κ2) is 6.91. The van der Waals surface area contributed by atoms with E-state index in [1.807, 2.05) is 37.3 Å². The lowest BCUT2D eigenvalue weighted by atomic mass is 10.1. The topological polar surface area (TPSA) is 132 Å². The molecule has 0 spiro atoms. The fourth-order valence-electron chi connectivity index (χ4n) is 2.86. The fraction of sp³-hybridized carbons (Fsp3) is 0.111. The number of hydrogen-bond acceptors (Lipinski definition) is 7. The van der Waals surface area contributed by atoms with Gasteiger partial charge in [-0.1, -0.05) is 23.4 Å². The maximum atomic E-state index is 11.9. The molecule has 0 radical (unpaired) electrons. The highest BCUT2D eigenvalue weighted by molar-refractivity contribution is 5.86. The first-order chi connectivity index (χ1) is 13.5. The predicted octanol–water partition coefficient (Wildman–Crippen LogP) is 2.59. The molecule has 140 valence electrons. The minimum absolute atomic E-state index is 0.155. The molecule has 0 saturated heterocycles. The Labute approximate surface area is 158 Å². The summed E-state index contributed by atoms with van der Waals surface area (Å²) in [5, 5.41) is 23.0. The third-order valence-corrected chi connectivity index (χ3v) is 4.30. The number of fused-ring (bicyclic) bond motifs is 1. The van der Waals surface area contributed by atoms with Gasteiger partial charge in [-0.15, -0.1) is 5.10 Å². The van der Waals surface area contributed by atoms with Crippen LogP contribution in [-0.2, 0) is 0 Å². The largest absolute Gasteiger partial charge is 0.371 e. The Morgan fingerprint density at radius 2 is 2.04 bits per heavy atom. The van der Waals surface area contributed by atoms with Gasteiger partial charge in [0.25, 0.3) is 11.2 Å². The molecule has 2 aromatic heterocycles. The Bertz CT molecular complexity index is 1220. The van der Waals surface area contributed by atoms with Crippen LogP contribution in [0.1, 0.15) is 18.7 Å². The van der Waals surface area contributed by atoms with Gasteiger partial charge in [-0.25, -0.2) is 9.67 Å². The van der Waals surface area contributed by atoms with Gasteiger partial charge in [0.05, 0.1) is 40.1 Å². The maximum absolute atomic E-state index is 11.9. The summed E-state index contributed by atoms with van der Waals surface area (Å²) in [6.07, 6.45) is 3.01. The number of benzene rings is 2. The van der Waals surface area contributed by atoms with E-state index in [9.17, 15) is 14.9 Å². The molecule has 1 atom stereocenters. The molecule has 0 aliphatic carbocycles. The van der Waals surface area contributed by atoms with Crippen LogP contribution in [-0.4, -0.2) is 29.9 Å². The van der Waals surface area contributed by atoms with E-state index in [1.54, 1.807) is 10.9 Å². The Balaban J connectivity index is 1.68. The number of hydrogen-bond donors (Lipinski definition) is 2. The number of nitro groups is 1. The van der Waals surface area contributed by atoms with Gasteiger partial charge in [-0.3, -0.25) is 14.9 Å². The Kier molecular flexibility index (Phi) is 4.28. The van der Waals surface area contributed by atoms with Gasteiger partial charge in [-0.2, -0.15) is 0 Å². The first kappa shape index (κ1) is 17.3. The van der Waals surface area contributed by atoms with Crippen LogP contribution in [0.5, 0.6) is 0 Å². The molecular weight excluding hydrogens is 362 g/mol. The monoisotopic (exact) mass is 377 g/mol. The van der Waals surface area contributed by atoms with Gasteiger partial charge < -0.3 is 10.3 Å². The van der Waals surface area contributed by atoms with Crippen LogP contribution in [0.3, 0.4) is 0 Å². The molecule has 2 N–H and O–H groups in total. The number of nitro benzene ring substituents is 1. The molecule has 4 aromatic rings. The molecule has 0 bridgehead atoms. The number of H-pyrrole nitrogens is 1. The van der Waals surface area contributed by atoms with Crippen molar-refractivity contribution >= 4 is 22.3 Å². The lowest BCUT2D eigenvalue weighted by Gasteiger charge is -2.13. The molecule has 0 aliphatic heterocycles. The van der Waals surface area contributed by atoms with Crippen LogP contribution in [0.15, 0.2) is 59.8 Å². The number of anilines is 1. The Morgan fingerprint density at radius 1 is 1.25 bits per heavy atom. The molecule has 0 amide bonds. The van der Waals surface area contributed by atoms with Crippen LogP contribution < -0.4 is 10.9 Å². The van der Waals surface area contributed by atoms with Crippen molar-refractivity contribution in [2.45, 2.75) is 13.0 Å². The first-order valence-electron chi connectivity index (χ1n) is 8.43. The summed E-state index contributed by atoms with van der Waals surface area (Å²) in [6.45, 7) is 1.82. The summed E-state index contributed by atoms with van der Waals surface area (Å²) in [5.41, 5.74) is 1.42. The number of nitrogens with zero attached hydrogens (tertiary/aromatic N) is 5. The lowest BCUT2D eigenvalue weighted by Crippen LogP contribution is -2.11. The van der Waals surface area contributed by atoms with Crippen molar-refractivity contribution in [3.8, 4) is 5.69 Å². The van der Waals surface area contributed by atoms with Gasteiger partial charge in [-0.05, 0) is 25.1 Å². The molecular formula is C18H15N7O3. The van der Waals surface area contributed by atoms with E-state index in [4.69, 9.17) is 0 Å². The standard InChI is InChI=1S/C18H15N7O3/c1-11(16-9-24(23-22-16)12-5-3-2-4-6-12)21-15-8-14-13(7-17(15)25(27)28)18(26)20-10-19-14/h2-11,21H,1H3,(H,19,20,26). The quantitative estimate of drug-likeness (QED) is 0.403. The highest BCUT2D eigenvalue weighted by Gasteiger charge is 2.20. The molecule has 0 fully saturated rings. The maximum Gasteiger partial charge on any atom is 0.293 e. The molecule has 10 heteroatoms. The smallest absolute Gasteiger partial charge is 0.293 e. The van der Waals surface area contributed by atoms with Gasteiger partial charge in [0.2, 0.25) is 0 Å². The SMILES string of the molecule is CC(Nc1cc2nc[nH]c(=O)c2cc1[N+](=O)[O-])c1cn(-c2ccccc2)nn1. The lowest BCUT2D eigenvalue weighted by molar-refractivity contribution is -0.383. The molecule has 0 aliphatic rings. The summed E-state index contributed by atoms with van der Waals surface area (Å²) in [7, 11) is 0. The Morgan fingerprint density at radius 3 is 2.79 bits per heavy atom. The number of aromatic amines is 1. The molecule has 0 saturated carbocycles. The molecule has 4 rings (SSSR count). The van der Waals surface area contributed by atoms with Crippen LogP contribution >= 0.6 is 0 Å². The van der Waals surface area contributed by atoms with Crippen molar-refractivity contribution in [3.63, 3.8) is 0 Å². The summed E-state index contributed by atoms with van der Waals surface area (Å²) >= 11 is 0. The minimum Gasteiger partial charge on any atom is -0.371 e. The Hall–Kier alpha value is -4.08. The van der Waals surface area contributed by atoms with E-state index >= 15 is 0 Å². The molecule has 2 heterocycles. The predicted molar refractivity (Wildman–Crippen MR) is 102 cm³/mol. The highest BCUT2D eigenvalue weighted by Crippen LogP contribution is 2.30. The molecule has 1 unspecified atom stereocenters. The fourth-order valence-corrected chi connectivity index (χ4v) is 2.86. The zero-order valence-electron chi connectivity index (χ0n) is 14.7. The average molecular weight is 377 g/mol. The third kappa shape index (κ3) is 3.18. The van der Waals surface area contributed by atoms with Crippen molar-refractivity contribution in [3.05, 3.63) is 81.2 Å². The minimum atomic E-state index is -0.540. The molecule has 28 heavy (non-hydrogen) atoms. The second-order valence-corrected chi connectivity index (χ2v) is 6.16. The number of para-hydroxylation sites is 1. The number of aromatic nitrogens is 5. The summed E-state index contributed by atoms with van der Waals surface area (Å²) in [5.74, 6) is 0. The zero-order valence-corrected chi connectivity index (χ0v) is 14.7. The van der Waals surface area contributed by atoms with E-state index in [0.29, 0.717) is 11.2 Å². The normalized spacial score (nSPS) is 12.0. The summed E-state index contributed by atoms with van der Waals surface area (Å²) in [6, 6.07) is 11.8. The van der Waals surface area contributed by atoms with Crippen LogP contribution in [0.25, 0.3) is 16.6 Å². The van der Waals surface area contributed by atoms with E-state index in [0.717, 1.165) is 5.69 Å². The van der Waals surface area contributed by atoms with E-state index in [1.165, 1.54) is 18.5 Å². The molecule has 2 aromatic carbocycles. The van der Waals surface area contributed by atoms with Crippen molar-refractivity contribution in [1.29, 1.82) is 0 Å². The van der Waals surface area contributed by atoms with Crippen LogP contribution in [0.4, 0.5) is 11.4 Å². The van der Waals surface area contributed by atoms with Crippen LogP contribution in [0, 0.1) is 10.1 Å². The second-order valence-electron chi connectivity index (χ2n) is 6.16. The van der Waals surface area contributed by atoms with Crippen molar-refractivity contribution in [1.82, 2.24) is 25.0 Å². The summed E-state index contributed by atoms with van der Waals surface area (Å²) in [4.78, 5) is 29.3. The van der Waals surface area contributed by atoms with Gasteiger partial charge in [0.1, 0.15) is 11.4 Å². The molecule has 10 nitrogen and oxygen atoms in total. The van der Waals surface area contributed by atoms with E-state index < -0.39 is 10.5 Å². The zero-order chi connectivity index (χ0) is 19.7. The van der Waals surface area contributed by atoms with Gasteiger partial charge >= 0.3 is 0 Å². The van der Waals surface area contributed by atoms with Crippen molar-refractivity contribution in [2.75, 3.05) is 5.32 Å². The van der Waals surface area contributed by atoms with Crippen molar-refractivity contribution < 1.29 is 4.92 Å². The van der Waals surface area contributed by atoms with Crippen molar-refractivity contribution in [2.24, 2.45) is 0 Å². The van der Waals surface area contributed by atoms with Crippen LogP contribution in [0.2, 0.25) is 0 Å².